The van der Waals surface area contributed by atoms with E-state index in [4.69, 9.17) is 0 Å². The number of pyridine rings is 2. The van der Waals surface area contributed by atoms with Gasteiger partial charge in [-0.1, -0.05) is 13.0 Å². The Balaban J connectivity index is 2.08. The number of sulfonamides is 1. The average Bonchev–Trinajstić information content (AvgIpc) is 2.52. The Morgan fingerprint density at radius 1 is 1.14 bits per heavy atom. The van der Waals surface area contributed by atoms with Crippen molar-refractivity contribution in [1.82, 2.24) is 14.7 Å². The highest BCUT2D eigenvalue weighted by Gasteiger charge is 2.14. The van der Waals surface area contributed by atoms with Crippen molar-refractivity contribution in [2.75, 3.05) is 11.9 Å². The molecule has 0 aromatic carbocycles. The molecule has 112 valence electrons. The summed E-state index contributed by atoms with van der Waals surface area (Å²) in [6.07, 6.45) is 4.05. The summed E-state index contributed by atoms with van der Waals surface area (Å²) in [5, 5.41) is 3.06. The topological polar surface area (TPSA) is 84.0 Å². The molecule has 2 aromatic rings. The number of nitrogens with zero attached hydrogens (tertiary/aromatic N) is 2. The number of rotatable bonds is 7. The fourth-order valence-electron chi connectivity index (χ4n) is 1.68. The van der Waals surface area contributed by atoms with Crippen molar-refractivity contribution in [3.63, 3.8) is 0 Å². The van der Waals surface area contributed by atoms with Gasteiger partial charge in [-0.3, -0.25) is 4.98 Å². The van der Waals surface area contributed by atoms with Crippen LogP contribution in [0.4, 0.5) is 5.82 Å². The minimum atomic E-state index is -3.58. The molecule has 2 rings (SSSR count). The first-order valence-corrected chi connectivity index (χ1v) is 8.19. The summed E-state index contributed by atoms with van der Waals surface area (Å²) in [6, 6.07) is 8.36. The fourth-order valence-corrected chi connectivity index (χ4v) is 2.69. The lowest BCUT2D eigenvalue weighted by molar-refractivity contribution is 0.580. The zero-order chi connectivity index (χ0) is 15.1. The van der Waals surface area contributed by atoms with Gasteiger partial charge in [-0.05, 0) is 24.6 Å². The van der Waals surface area contributed by atoms with E-state index in [2.05, 4.69) is 20.0 Å². The first kappa shape index (κ1) is 15.4. The molecule has 0 unspecified atom stereocenters. The van der Waals surface area contributed by atoms with Crippen LogP contribution in [-0.4, -0.2) is 24.9 Å². The van der Waals surface area contributed by atoms with Crippen LogP contribution in [0.2, 0.25) is 0 Å². The summed E-state index contributed by atoms with van der Waals surface area (Å²) >= 11 is 0. The van der Waals surface area contributed by atoms with Crippen molar-refractivity contribution in [3.05, 3.63) is 48.4 Å². The van der Waals surface area contributed by atoms with Crippen LogP contribution < -0.4 is 10.0 Å². The van der Waals surface area contributed by atoms with Gasteiger partial charge in [0.25, 0.3) is 0 Å². The summed E-state index contributed by atoms with van der Waals surface area (Å²) in [5.41, 5.74) is 0.666. The van der Waals surface area contributed by atoms with Gasteiger partial charge in [0.15, 0.2) is 0 Å². The second-order valence-electron chi connectivity index (χ2n) is 4.45. The standard InChI is InChI=1S/C14H18N4O2S/c1-2-7-16-14-10-13(6-9-17-14)21(19,20)18-11-12-5-3-4-8-15-12/h3-6,8-10,18H,2,7,11H2,1H3,(H,16,17). The molecule has 0 aliphatic heterocycles. The number of anilines is 1. The lowest BCUT2D eigenvalue weighted by Gasteiger charge is -2.08. The summed E-state index contributed by atoms with van der Waals surface area (Å²) < 4.78 is 27.0. The smallest absolute Gasteiger partial charge is 0.241 e. The highest BCUT2D eigenvalue weighted by molar-refractivity contribution is 7.89. The fraction of sp³-hybridized carbons (Fsp3) is 0.286. The van der Waals surface area contributed by atoms with Crippen LogP contribution in [0, 0.1) is 0 Å². The molecule has 2 aromatic heterocycles. The molecule has 7 heteroatoms. The SMILES string of the molecule is CCCNc1cc(S(=O)(=O)NCc2ccccn2)ccn1. The Morgan fingerprint density at radius 2 is 2.00 bits per heavy atom. The van der Waals surface area contributed by atoms with Crippen LogP contribution in [0.1, 0.15) is 19.0 Å². The van der Waals surface area contributed by atoms with E-state index in [0.29, 0.717) is 11.5 Å². The molecule has 0 fully saturated rings. The molecule has 6 nitrogen and oxygen atoms in total. The molecule has 0 saturated carbocycles. The largest absolute Gasteiger partial charge is 0.370 e. The summed E-state index contributed by atoms with van der Waals surface area (Å²) in [4.78, 5) is 8.36. The third-order valence-electron chi connectivity index (χ3n) is 2.77. The van der Waals surface area contributed by atoms with E-state index >= 15 is 0 Å². The van der Waals surface area contributed by atoms with Gasteiger partial charge in [0, 0.05) is 25.0 Å². The Labute approximate surface area is 124 Å². The molecule has 0 bridgehead atoms. The Kier molecular flexibility index (Phi) is 5.24. The zero-order valence-corrected chi connectivity index (χ0v) is 12.6. The molecule has 0 saturated heterocycles. The summed E-state index contributed by atoms with van der Waals surface area (Å²) in [7, 11) is -3.58. The van der Waals surface area contributed by atoms with E-state index in [9.17, 15) is 8.42 Å². The minimum Gasteiger partial charge on any atom is -0.370 e. The molecule has 0 aliphatic carbocycles. The third-order valence-corrected chi connectivity index (χ3v) is 4.17. The monoisotopic (exact) mass is 306 g/mol. The van der Waals surface area contributed by atoms with Crippen LogP contribution in [0.15, 0.2) is 47.6 Å². The lowest BCUT2D eigenvalue weighted by Crippen LogP contribution is -2.23. The second-order valence-corrected chi connectivity index (χ2v) is 6.22. The molecule has 0 radical (unpaired) electrons. The van der Waals surface area contributed by atoms with Gasteiger partial charge in [0.2, 0.25) is 10.0 Å². The van der Waals surface area contributed by atoms with Crippen LogP contribution in [0.3, 0.4) is 0 Å². The van der Waals surface area contributed by atoms with Crippen molar-refractivity contribution < 1.29 is 8.42 Å². The molecule has 0 aliphatic rings. The van der Waals surface area contributed by atoms with Gasteiger partial charge in [-0.15, -0.1) is 0 Å². The van der Waals surface area contributed by atoms with Gasteiger partial charge in [0.05, 0.1) is 17.1 Å². The average molecular weight is 306 g/mol. The molecular formula is C14H18N4O2S. The summed E-state index contributed by atoms with van der Waals surface area (Å²) in [5.74, 6) is 0.553. The number of nitrogens with one attached hydrogen (secondary N) is 2. The predicted octanol–water partition coefficient (Wildman–Crippen LogP) is 1.78. The van der Waals surface area contributed by atoms with Crippen LogP contribution in [0.5, 0.6) is 0 Å². The van der Waals surface area contributed by atoms with Crippen molar-refractivity contribution in [2.24, 2.45) is 0 Å². The lowest BCUT2D eigenvalue weighted by atomic mass is 10.4. The Bertz CT molecular complexity index is 674. The molecule has 2 heterocycles. The third kappa shape index (κ3) is 4.51. The highest BCUT2D eigenvalue weighted by atomic mass is 32.2. The van der Waals surface area contributed by atoms with Crippen molar-refractivity contribution in [1.29, 1.82) is 0 Å². The first-order chi connectivity index (χ1) is 10.1. The van der Waals surface area contributed by atoms with E-state index in [0.717, 1.165) is 13.0 Å². The normalized spacial score (nSPS) is 11.3. The summed E-state index contributed by atoms with van der Waals surface area (Å²) in [6.45, 7) is 2.93. The second kappa shape index (κ2) is 7.14. The minimum absolute atomic E-state index is 0.156. The van der Waals surface area contributed by atoms with E-state index in [1.807, 2.05) is 13.0 Å². The van der Waals surface area contributed by atoms with Crippen molar-refractivity contribution in [2.45, 2.75) is 24.8 Å². The molecule has 0 atom stereocenters. The maximum absolute atomic E-state index is 12.2. The predicted molar refractivity (Wildman–Crippen MR) is 81.3 cm³/mol. The van der Waals surface area contributed by atoms with Gasteiger partial charge in [0.1, 0.15) is 5.82 Å². The Hall–Kier alpha value is -1.99. The molecule has 2 N–H and O–H groups in total. The maximum Gasteiger partial charge on any atom is 0.241 e. The van der Waals surface area contributed by atoms with E-state index in [1.165, 1.54) is 18.3 Å². The van der Waals surface area contributed by atoms with E-state index in [1.54, 1.807) is 18.3 Å². The molecule has 0 amide bonds. The number of hydrogen-bond acceptors (Lipinski definition) is 5. The number of hydrogen-bond donors (Lipinski definition) is 2. The van der Waals surface area contributed by atoms with Gasteiger partial charge in [-0.2, -0.15) is 0 Å². The van der Waals surface area contributed by atoms with Gasteiger partial charge < -0.3 is 5.32 Å². The van der Waals surface area contributed by atoms with Crippen LogP contribution >= 0.6 is 0 Å². The maximum atomic E-state index is 12.2. The molecule has 0 spiro atoms. The highest BCUT2D eigenvalue weighted by Crippen LogP contribution is 2.13. The van der Waals surface area contributed by atoms with Gasteiger partial charge in [-0.25, -0.2) is 18.1 Å². The molecule has 21 heavy (non-hydrogen) atoms. The van der Waals surface area contributed by atoms with Crippen LogP contribution in [-0.2, 0) is 16.6 Å². The van der Waals surface area contributed by atoms with E-state index in [-0.39, 0.29) is 11.4 Å². The Morgan fingerprint density at radius 3 is 2.71 bits per heavy atom. The zero-order valence-electron chi connectivity index (χ0n) is 11.8. The first-order valence-electron chi connectivity index (χ1n) is 6.71. The van der Waals surface area contributed by atoms with Crippen molar-refractivity contribution >= 4 is 15.8 Å². The van der Waals surface area contributed by atoms with Crippen molar-refractivity contribution in [3.8, 4) is 0 Å². The quantitative estimate of drug-likeness (QED) is 0.814. The van der Waals surface area contributed by atoms with E-state index < -0.39 is 10.0 Å². The number of aromatic nitrogens is 2. The van der Waals surface area contributed by atoms with Gasteiger partial charge >= 0.3 is 0 Å². The molecular weight excluding hydrogens is 288 g/mol. The van der Waals surface area contributed by atoms with Crippen LogP contribution in [0.25, 0.3) is 0 Å².